The van der Waals surface area contributed by atoms with Crippen LogP contribution in [0.1, 0.15) is 59.8 Å². The Hall–Kier alpha value is -1.78. The summed E-state index contributed by atoms with van der Waals surface area (Å²) >= 11 is 0. The van der Waals surface area contributed by atoms with Crippen LogP contribution < -0.4 is 0 Å². The molecule has 1 heterocycles. The van der Waals surface area contributed by atoms with Gasteiger partial charge in [-0.15, -0.1) is 0 Å². The molecule has 0 aromatic rings. The third-order valence-corrected chi connectivity index (χ3v) is 7.46. The molecule has 3 rings (SSSR count). The molecule has 156 valence electrons. The fourth-order valence-electron chi connectivity index (χ4n) is 6.05. The van der Waals surface area contributed by atoms with Crippen molar-refractivity contribution in [1.82, 2.24) is 0 Å². The van der Waals surface area contributed by atoms with Crippen LogP contribution in [0.4, 0.5) is 0 Å². The van der Waals surface area contributed by atoms with Gasteiger partial charge < -0.3 is 14.2 Å². The van der Waals surface area contributed by atoms with E-state index in [1.54, 1.807) is 6.26 Å². The van der Waals surface area contributed by atoms with Gasteiger partial charge in [0, 0.05) is 6.92 Å². The highest BCUT2D eigenvalue weighted by atomic mass is 16.6. The van der Waals surface area contributed by atoms with Crippen LogP contribution >= 0.6 is 0 Å². The van der Waals surface area contributed by atoms with E-state index in [2.05, 4.69) is 27.4 Å². The Morgan fingerprint density at radius 3 is 2.64 bits per heavy atom. The second-order valence-corrected chi connectivity index (χ2v) is 9.61. The predicted octanol–water partition coefficient (Wildman–Crippen LogP) is 4.42. The van der Waals surface area contributed by atoms with E-state index in [9.17, 15) is 9.59 Å². The SMILES string of the molecule is C=C1CCCC(C)(C)C2CCC(C)(C3=COCC3C(OC(C)=O)C(=O)OC)C12. The van der Waals surface area contributed by atoms with Crippen molar-refractivity contribution >= 4 is 11.9 Å². The van der Waals surface area contributed by atoms with Crippen molar-refractivity contribution in [3.63, 3.8) is 0 Å². The maximum Gasteiger partial charge on any atom is 0.347 e. The summed E-state index contributed by atoms with van der Waals surface area (Å²) < 4.78 is 16.0. The van der Waals surface area contributed by atoms with Crippen LogP contribution in [0, 0.1) is 28.6 Å². The smallest absolute Gasteiger partial charge is 0.347 e. The van der Waals surface area contributed by atoms with Crippen molar-refractivity contribution in [2.45, 2.75) is 65.9 Å². The van der Waals surface area contributed by atoms with Gasteiger partial charge in [0.15, 0.2) is 0 Å². The van der Waals surface area contributed by atoms with E-state index in [1.165, 1.54) is 32.4 Å². The van der Waals surface area contributed by atoms with E-state index in [0.29, 0.717) is 18.4 Å². The minimum Gasteiger partial charge on any atom is -0.500 e. The maximum atomic E-state index is 12.4. The number of fused-ring (bicyclic) bond motifs is 1. The molecule has 28 heavy (non-hydrogen) atoms. The van der Waals surface area contributed by atoms with Crippen molar-refractivity contribution < 1.29 is 23.8 Å². The van der Waals surface area contributed by atoms with Crippen molar-refractivity contribution in [2.24, 2.45) is 28.6 Å². The second-order valence-electron chi connectivity index (χ2n) is 9.61. The lowest BCUT2D eigenvalue weighted by Crippen LogP contribution is -2.42. The minimum absolute atomic E-state index is 0.156. The molecule has 0 aromatic carbocycles. The summed E-state index contributed by atoms with van der Waals surface area (Å²) in [5, 5.41) is 0. The highest BCUT2D eigenvalue weighted by molar-refractivity contribution is 5.79. The lowest BCUT2D eigenvalue weighted by atomic mass is 9.62. The third-order valence-electron chi connectivity index (χ3n) is 7.46. The van der Waals surface area contributed by atoms with E-state index < -0.39 is 18.0 Å². The summed E-state index contributed by atoms with van der Waals surface area (Å²) in [6, 6.07) is 0. The molecule has 0 amide bonds. The summed E-state index contributed by atoms with van der Waals surface area (Å²) in [7, 11) is 1.32. The van der Waals surface area contributed by atoms with Crippen molar-refractivity contribution in [2.75, 3.05) is 13.7 Å². The first-order chi connectivity index (χ1) is 13.1. The Morgan fingerprint density at radius 1 is 1.29 bits per heavy atom. The van der Waals surface area contributed by atoms with Crippen LogP contribution in [-0.2, 0) is 23.8 Å². The molecule has 0 radical (unpaired) electrons. The summed E-state index contributed by atoms with van der Waals surface area (Å²) in [6.07, 6.45) is 6.41. The van der Waals surface area contributed by atoms with E-state index in [0.717, 1.165) is 24.8 Å². The Bertz CT molecular complexity index is 691. The number of carbonyl (C=O) groups excluding carboxylic acids is 2. The normalized spacial score (nSPS) is 35.2. The molecule has 3 aliphatic rings. The maximum absolute atomic E-state index is 12.4. The van der Waals surface area contributed by atoms with Crippen LogP contribution in [0.25, 0.3) is 0 Å². The molecule has 0 bridgehead atoms. The number of esters is 2. The largest absolute Gasteiger partial charge is 0.500 e. The first-order valence-electron chi connectivity index (χ1n) is 10.4. The van der Waals surface area contributed by atoms with Gasteiger partial charge in [-0.2, -0.15) is 0 Å². The zero-order valence-electron chi connectivity index (χ0n) is 17.9. The molecule has 2 aliphatic carbocycles. The summed E-state index contributed by atoms with van der Waals surface area (Å²) in [5.41, 5.74) is 2.48. The number of carbonyl (C=O) groups is 2. The predicted molar refractivity (Wildman–Crippen MR) is 106 cm³/mol. The van der Waals surface area contributed by atoms with Gasteiger partial charge in [-0.1, -0.05) is 32.9 Å². The lowest BCUT2D eigenvalue weighted by molar-refractivity contribution is -0.168. The van der Waals surface area contributed by atoms with Crippen molar-refractivity contribution in [1.29, 1.82) is 0 Å². The Morgan fingerprint density at radius 2 is 2.00 bits per heavy atom. The number of hydrogen-bond donors (Lipinski definition) is 0. The summed E-state index contributed by atoms with van der Waals surface area (Å²) in [6.45, 7) is 13.1. The molecular formula is C23H34O5. The molecule has 0 aromatic heterocycles. The molecule has 0 saturated heterocycles. The zero-order chi connectivity index (χ0) is 20.7. The van der Waals surface area contributed by atoms with E-state index in [-0.39, 0.29) is 16.7 Å². The molecule has 0 spiro atoms. The molecular weight excluding hydrogens is 356 g/mol. The monoisotopic (exact) mass is 390 g/mol. The Kier molecular flexibility index (Phi) is 5.66. The molecule has 0 N–H and O–H groups in total. The van der Waals surface area contributed by atoms with E-state index in [4.69, 9.17) is 14.2 Å². The molecule has 2 saturated carbocycles. The van der Waals surface area contributed by atoms with Gasteiger partial charge in [0.2, 0.25) is 6.10 Å². The average Bonchev–Trinajstić information content (AvgIpc) is 3.21. The molecule has 5 unspecified atom stereocenters. The average molecular weight is 391 g/mol. The first-order valence-corrected chi connectivity index (χ1v) is 10.4. The topological polar surface area (TPSA) is 61.8 Å². The van der Waals surface area contributed by atoms with Crippen LogP contribution in [0.5, 0.6) is 0 Å². The number of methoxy groups -OCH3 is 1. The van der Waals surface area contributed by atoms with E-state index in [1.807, 2.05) is 0 Å². The van der Waals surface area contributed by atoms with Gasteiger partial charge >= 0.3 is 11.9 Å². The molecule has 5 heteroatoms. The number of rotatable bonds is 4. The first kappa shape index (κ1) is 20.9. The minimum atomic E-state index is -0.973. The molecule has 5 nitrogen and oxygen atoms in total. The standard InChI is InChI=1S/C23H34O5/c1-14-8-7-10-22(3,4)17-9-11-23(5,19(14)17)18-13-27-12-16(18)20(21(25)26-6)28-15(2)24/h13,16-17,19-20H,1,7-12H2,2-6H3. The lowest BCUT2D eigenvalue weighted by Gasteiger charge is -2.42. The van der Waals surface area contributed by atoms with Crippen molar-refractivity contribution in [3.8, 4) is 0 Å². The van der Waals surface area contributed by atoms with Gasteiger partial charge in [0.1, 0.15) is 0 Å². The van der Waals surface area contributed by atoms with Crippen molar-refractivity contribution in [3.05, 3.63) is 24.0 Å². The number of allylic oxidation sites excluding steroid dienone is 1. The van der Waals surface area contributed by atoms with Crippen LogP contribution in [-0.4, -0.2) is 31.8 Å². The molecule has 1 aliphatic heterocycles. The van der Waals surface area contributed by atoms with Crippen LogP contribution in [0.15, 0.2) is 24.0 Å². The zero-order valence-corrected chi connectivity index (χ0v) is 17.9. The van der Waals surface area contributed by atoms with Gasteiger partial charge in [0.25, 0.3) is 0 Å². The Balaban J connectivity index is 1.97. The Labute approximate surface area is 168 Å². The quantitative estimate of drug-likeness (QED) is 0.525. The van der Waals surface area contributed by atoms with Gasteiger partial charge in [-0.3, -0.25) is 4.79 Å². The highest BCUT2D eigenvalue weighted by Gasteiger charge is 2.57. The summed E-state index contributed by atoms with van der Waals surface area (Å²) in [4.78, 5) is 24.0. The van der Waals surface area contributed by atoms with Gasteiger partial charge in [0.05, 0.1) is 25.9 Å². The highest BCUT2D eigenvalue weighted by Crippen LogP contribution is 2.63. The van der Waals surface area contributed by atoms with Crippen LogP contribution in [0.3, 0.4) is 0 Å². The fraction of sp³-hybridized carbons (Fsp3) is 0.739. The van der Waals surface area contributed by atoms with Gasteiger partial charge in [-0.05, 0) is 60.3 Å². The number of ether oxygens (including phenoxy) is 3. The van der Waals surface area contributed by atoms with Crippen LogP contribution in [0.2, 0.25) is 0 Å². The second kappa shape index (κ2) is 7.57. The third kappa shape index (κ3) is 3.48. The molecule has 5 atom stereocenters. The number of hydrogen-bond acceptors (Lipinski definition) is 5. The van der Waals surface area contributed by atoms with E-state index >= 15 is 0 Å². The molecule has 2 fully saturated rings. The fourth-order valence-corrected chi connectivity index (χ4v) is 6.05. The van der Waals surface area contributed by atoms with Gasteiger partial charge in [-0.25, -0.2) is 4.79 Å². The summed E-state index contributed by atoms with van der Waals surface area (Å²) in [5.74, 6) is -0.443.